The van der Waals surface area contributed by atoms with E-state index in [1.807, 2.05) is 30.3 Å². The van der Waals surface area contributed by atoms with E-state index in [-0.39, 0.29) is 0 Å². The molecule has 1 atom stereocenters. The Bertz CT molecular complexity index is 925. The maximum atomic E-state index is 12.6. The number of amides is 1. The minimum atomic E-state index is -3.65. The zero-order valence-electron chi connectivity index (χ0n) is 14.3. The highest BCUT2D eigenvalue weighted by Gasteiger charge is 2.30. The second kappa shape index (κ2) is 7.60. The van der Waals surface area contributed by atoms with Crippen LogP contribution in [0.25, 0.3) is 0 Å². The Hall–Kier alpha value is -2.18. The molecule has 2 aromatic carbocycles. The molecule has 136 valence electrons. The molecule has 0 aromatic heterocycles. The molecule has 0 fully saturated rings. The molecule has 5 nitrogen and oxygen atoms in total. The van der Waals surface area contributed by atoms with E-state index < -0.39 is 26.7 Å². The highest BCUT2D eigenvalue weighted by atomic mass is 35.5. The third-order valence-electron chi connectivity index (χ3n) is 4.40. The summed E-state index contributed by atoms with van der Waals surface area (Å²) < 4.78 is 25.2. The molecule has 0 bridgehead atoms. The van der Waals surface area contributed by atoms with Crippen LogP contribution in [0, 0.1) is 0 Å². The third kappa shape index (κ3) is 4.14. The van der Waals surface area contributed by atoms with Gasteiger partial charge in [-0.15, -0.1) is 0 Å². The summed E-state index contributed by atoms with van der Waals surface area (Å²) >= 11 is 5.84. The summed E-state index contributed by atoms with van der Waals surface area (Å²) in [6, 6.07) is 16.2. The molecule has 1 heterocycles. The molecule has 0 spiro atoms. The molecule has 7 heteroatoms. The Labute approximate surface area is 158 Å². The Morgan fingerprint density at radius 3 is 2.46 bits per heavy atom. The van der Waals surface area contributed by atoms with Crippen molar-refractivity contribution in [1.29, 1.82) is 0 Å². The molecular formula is C19H19ClN2O3S. The number of hydrogen-bond acceptors (Lipinski definition) is 4. The van der Waals surface area contributed by atoms with Crippen molar-refractivity contribution in [3.8, 4) is 0 Å². The summed E-state index contributed by atoms with van der Waals surface area (Å²) in [6.07, 6.45) is 0.614. The molecule has 1 amide bonds. The van der Waals surface area contributed by atoms with Gasteiger partial charge in [0.15, 0.2) is 9.84 Å². The van der Waals surface area contributed by atoms with Gasteiger partial charge in [-0.2, -0.15) is 5.10 Å². The van der Waals surface area contributed by atoms with E-state index in [2.05, 4.69) is 5.10 Å². The normalized spacial score (nSPS) is 15.6. The van der Waals surface area contributed by atoms with Crippen LogP contribution in [0.5, 0.6) is 0 Å². The van der Waals surface area contributed by atoms with Gasteiger partial charge in [0.2, 0.25) is 0 Å². The summed E-state index contributed by atoms with van der Waals surface area (Å²) in [5.74, 6) is -1.07. The maximum absolute atomic E-state index is 12.6. The van der Waals surface area contributed by atoms with Crippen molar-refractivity contribution in [2.75, 3.05) is 12.3 Å². The molecule has 0 aliphatic carbocycles. The molecule has 0 saturated carbocycles. The van der Waals surface area contributed by atoms with Crippen LogP contribution in [0.4, 0.5) is 0 Å². The number of nitrogens with zero attached hydrogens (tertiary/aromatic N) is 2. The molecule has 26 heavy (non-hydrogen) atoms. The second-order valence-electron chi connectivity index (χ2n) is 6.18. The predicted molar refractivity (Wildman–Crippen MR) is 103 cm³/mol. The minimum Gasteiger partial charge on any atom is -0.272 e. The average Bonchev–Trinajstić information content (AvgIpc) is 3.12. The van der Waals surface area contributed by atoms with Gasteiger partial charge >= 0.3 is 0 Å². The molecule has 0 saturated heterocycles. The molecular weight excluding hydrogens is 372 g/mol. The van der Waals surface area contributed by atoms with E-state index in [1.165, 1.54) is 5.01 Å². The SMILES string of the molecule is CC(c1ccc(Cl)cc1)S(=O)(=O)CC(=O)N1CCC(c2ccccc2)=N1. The van der Waals surface area contributed by atoms with Crippen LogP contribution in [-0.2, 0) is 14.6 Å². The van der Waals surface area contributed by atoms with Crippen LogP contribution in [0.3, 0.4) is 0 Å². The second-order valence-corrected chi connectivity index (χ2v) is 8.94. The van der Waals surface area contributed by atoms with Gasteiger partial charge < -0.3 is 0 Å². The molecule has 2 aromatic rings. The lowest BCUT2D eigenvalue weighted by Crippen LogP contribution is -2.31. The van der Waals surface area contributed by atoms with E-state index in [1.54, 1.807) is 31.2 Å². The maximum Gasteiger partial charge on any atom is 0.257 e. The van der Waals surface area contributed by atoms with E-state index in [4.69, 9.17) is 11.6 Å². The number of benzene rings is 2. The Morgan fingerprint density at radius 2 is 1.81 bits per heavy atom. The fourth-order valence-corrected chi connectivity index (χ4v) is 4.22. The first-order valence-corrected chi connectivity index (χ1v) is 10.4. The van der Waals surface area contributed by atoms with Crippen LogP contribution in [0.1, 0.15) is 29.7 Å². The first-order valence-electron chi connectivity index (χ1n) is 8.27. The van der Waals surface area contributed by atoms with Crippen molar-refractivity contribution < 1.29 is 13.2 Å². The van der Waals surface area contributed by atoms with E-state index in [0.29, 0.717) is 23.6 Å². The molecule has 3 rings (SSSR count). The van der Waals surface area contributed by atoms with Crippen molar-refractivity contribution in [2.45, 2.75) is 18.6 Å². The van der Waals surface area contributed by atoms with E-state index in [0.717, 1.165) is 11.3 Å². The Morgan fingerprint density at radius 1 is 1.15 bits per heavy atom. The van der Waals surface area contributed by atoms with Gasteiger partial charge in [-0.25, -0.2) is 13.4 Å². The number of carbonyl (C=O) groups is 1. The lowest BCUT2D eigenvalue weighted by molar-refractivity contribution is -0.127. The van der Waals surface area contributed by atoms with Gasteiger partial charge in [-0.3, -0.25) is 4.79 Å². The number of carbonyl (C=O) groups excluding carboxylic acids is 1. The zero-order valence-corrected chi connectivity index (χ0v) is 15.9. The van der Waals surface area contributed by atoms with Crippen LogP contribution >= 0.6 is 11.6 Å². The molecule has 1 aliphatic rings. The fraction of sp³-hybridized carbons (Fsp3) is 0.263. The fourth-order valence-electron chi connectivity index (χ4n) is 2.78. The molecule has 0 N–H and O–H groups in total. The van der Waals surface area contributed by atoms with Crippen LogP contribution < -0.4 is 0 Å². The lowest BCUT2D eigenvalue weighted by Gasteiger charge is -2.16. The van der Waals surface area contributed by atoms with Crippen molar-refractivity contribution in [3.05, 3.63) is 70.7 Å². The number of sulfone groups is 1. The van der Waals surface area contributed by atoms with Crippen molar-refractivity contribution in [3.63, 3.8) is 0 Å². The number of hydrazone groups is 1. The molecule has 1 unspecified atom stereocenters. The van der Waals surface area contributed by atoms with Gasteiger partial charge in [-0.05, 0) is 30.2 Å². The van der Waals surface area contributed by atoms with Gasteiger partial charge in [0.25, 0.3) is 5.91 Å². The number of rotatable bonds is 5. The predicted octanol–water partition coefficient (Wildman–Crippen LogP) is 3.45. The summed E-state index contributed by atoms with van der Waals surface area (Å²) in [7, 11) is -3.65. The van der Waals surface area contributed by atoms with Crippen LogP contribution in [0.2, 0.25) is 5.02 Å². The van der Waals surface area contributed by atoms with E-state index >= 15 is 0 Å². The van der Waals surface area contributed by atoms with Gasteiger partial charge in [-0.1, -0.05) is 54.1 Å². The Kier molecular flexibility index (Phi) is 5.44. The quantitative estimate of drug-likeness (QED) is 0.785. The lowest BCUT2D eigenvalue weighted by atomic mass is 10.1. The minimum absolute atomic E-state index is 0.397. The highest BCUT2D eigenvalue weighted by Crippen LogP contribution is 2.25. The van der Waals surface area contributed by atoms with Crippen molar-refractivity contribution in [2.24, 2.45) is 5.10 Å². The van der Waals surface area contributed by atoms with Crippen molar-refractivity contribution >= 4 is 33.1 Å². The number of halogens is 1. The summed E-state index contributed by atoms with van der Waals surface area (Å²) in [4.78, 5) is 12.4. The third-order valence-corrected chi connectivity index (χ3v) is 6.65. The van der Waals surface area contributed by atoms with E-state index in [9.17, 15) is 13.2 Å². The molecule has 1 aliphatic heterocycles. The molecule has 0 radical (unpaired) electrons. The summed E-state index contributed by atoms with van der Waals surface area (Å²) in [5, 5.41) is 5.31. The van der Waals surface area contributed by atoms with Gasteiger partial charge in [0, 0.05) is 11.4 Å². The summed E-state index contributed by atoms with van der Waals surface area (Å²) in [6.45, 7) is 1.97. The first kappa shape index (κ1) is 18.6. The smallest absolute Gasteiger partial charge is 0.257 e. The Balaban J connectivity index is 1.71. The largest absolute Gasteiger partial charge is 0.272 e. The topological polar surface area (TPSA) is 66.8 Å². The van der Waals surface area contributed by atoms with Crippen LogP contribution in [-0.4, -0.2) is 37.3 Å². The first-order chi connectivity index (χ1) is 12.4. The monoisotopic (exact) mass is 390 g/mol. The van der Waals surface area contributed by atoms with Crippen LogP contribution in [0.15, 0.2) is 59.7 Å². The average molecular weight is 391 g/mol. The van der Waals surface area contributed by atoms with Gasteiger partial charge in [0.05, 0.1) is 17.5 Å². The zero-order chi connectivity index (χ0) is 18.7. The van der Waals surface area contributed by atoms with Crippen molar-refractivity contribution in [1.82, 2.24) is 5.01 Å². The van der Waals surface area contributed by atoms with Gasteiger partial charge in [0.1, 0.15) is 5.75 Å². The standard InChI is InChI=1S/C19H19ClN2O3S/c1-14(15-7-9-17(20)10-8-15)26(24,25)13-19(23)22-12-11-18(21-22)16-5-3-2-4-6-16/h2-10,14H,11-13H2,1H3. The highest BCUT2D eigenvalue weighted by molar-refractivity contribution is 7.92. The summed E-state index contributed by atoms with van der Waals surface area (Å²) in [5.41, 5.74) is 2.35. The number of hydrogen-bond donors (Lipinski definition) is 0.